The quantitative estimate of drug-likeness (QED) is 0.683. The summed E-state index contributed by atoms with van der Waals surface area (Å²) in [6.07, 6.45) is 2.26. The molecule has 1 aromatic carbocycles. The number of aromatic nitrogens is 4. The van der Waals surface area contributed by atoms with E-state index in [1.54, 1.807) is 11.9 Å². The Morgan fingerprint density at radius 1 is 1.22 bits per heavy atom. The van der Waals surface area contributed by atoms with E-state index in [-0.39, 0.29) is 11.7 Å². The van der Waals surface area contributed by atoms with E-state index >= 15 is 0 Å². The Balaban J connectivity index is 1.43. The molecule has 0 fully saturated rings. The summed E-state index contributed by atoms with van der Waals surface area (Å²) < 4.78 is 12.4. The van der Waals surface area contributed by atoms with Crippen molar-refractivity contribution in [2.24, 2.45) is 7.05 Å². The summed E-state index contributed by atoms with van der Waals surface area (Å²) in [7, 11) is 3.19. The predicted molar refractivity (Wildman–Crippen MR) is 96.4 cm³/mol. The third-order valence-corrected chi connectivity index (χ3v) is 4.63. The van der Waals surface area contributed by atoms with Crippen LogP contribution in [0.4, 0.5) is 0 Å². The molecule has 1 amide bonds. The second-order valence-electron chi connectivity index (χ2n) is 6.49. The Labute approximate surface area is 156 Å². The van der Waals surface area contributed by atoms with Gasteiger partial charge in [-0.1, -0.05) is 30.3 Å². The van der Waals surface area contributed by atoms with Crippen LogP contribution in [0.1, 0.15) is 33.5 Å². The van der Waals surface area contributed by atoms with Gasteiger partial charge in [0.1, 0.15) is 11.5 Å². The molecule has 1 aliphatic heterocycles. The molecule has 140 valence electrons. The molecule has 2 aromatic heterocycles. The van der Waals surface area contributed by atoms with Crippen LogP contribution in [0.3, 0.4) is 0 Å². The Hall–Kier alpha value is -3.16. The summed E-state index contributed by atoms with van der Waals surface area (Å²) in [5, 5.41) is 4.13. The van der Waals surface area contributed by atoms with Crippen LogP contribution in [0.5, 0.6) is 6.01 Å². The van der Waals surface area contributed by atoms with E-state index in [0.29, 0.717) is 25.5 Å². The minimum atomic E-state index is -0.228. The van der Waals surface area contributed by atoms with Crippen LogP contribution in [-0.2, 0) is 32.9 Å². The minimum absolute atomic E-state index is 0.130. The molecule has 0 saturated heterocycles. The number of rotatable bonds is 5. The molecule has 0 N–H and O–H groups in total. The van der Waals surface area contributed by atoms with Crippen LogP contribution in [0, 0.1) is 0 Å². The molecule has 3 heterocycles. The van der Waals surface area contributed by atoms with E-state index in [9.17, 15) is 4.79 Å². The third kappa shape index (κ3) is 3.55. The number of nitrogens with zero attached hydrogens (tertiary/aromatic N) is 5. The zero-order valence-corrected chi connectivity index (χ0v) is 15.4. The van der Waals surface area contributed by atoms with Gasteiger partial charge >= 0.3 is 6.01 Å². The summed E-state index contributed by atoms with van der Waals surface area (Å²) in [6.45, 7) is 0.962. The number of hydrogen-bond donors (Lipinski definition) is 0. The molecule has 0 atom stereocenters. The van der Waals surface area contributed by atoms with Gasteiger partial charge in [0.2, 0.25) is 5.82 Å². The van der Waals surface area contributed by atoms with Crippen molar-refractivity contribution in [3.8, 4) is 6.01 Å². The lowest BCUT2D eigenvalue weighted by Crippen LogP contribution is -2.36. The first-order valence-electron chi connectivity index (χ1n) is 8.89. The molecule has 0 aliphatic carbocycles. The summed E-state index contributed by atoms with van der Waals surface area (Å²) in [5.74, 6) is 1.49. The maximum absolute atomic E-state index is 12.7. The van der Waals surface area contributed by atoms with Gasteiger partial charge in [-0.2, -0.15) is 4.98 Å². The number of fused-ring (bicyclic) bond motifs is 1. The lowest BCUT2D eigenvalue weighted by atomic mass is 10.1. The number of methoxy groups -OCH3 is 1. The number of aryl methyl sites for hydroxylation is 3. The fraction of sp³-hybridized carbons (Fsp3) is 0.368. The Kier molecular flexibility index (Phi) is 4.62. The van der Waals surface area contributed by atoms with E-state index in [1.165, 1.54) is 17.4 Å². The first-order chi connectivity index (χ1) is 13.1. The summed E-state index contributed by atoms with van der Waals surface area (Å²) in [6, 6.07) is 10.6. The summed E-state index contributed by atoms with van der Waals surface area (Å²) in [5.41, 5.74) is 2.07. The first-order valence-corrected chi connectivity index (χ1v) is 8.89. The zero-order chi connectivity index (χ0) is 18.8. The molecule has 0 spiro atoms. The highest BCUT2D eigenvalue weighted by Gasteiger charge is 2.28. The van der Waals surface area contributed by atoms with E-state index in [1.807, 2.05) is 18.2 Å². The van der Waals surface area contributed by atoms with Gasteiger partial charge in [0.05, 0.1) is 13.7 Å². The molecule has 0 radical (unpaired) electrons. The van der Waals surface area contributed by atoms with Crippen molar-refractivity contribution < 1.29 is 13.9 Å². The molecule has 3 aromatic rings. The average molecular weight is 367 g/mol. The number of amides is 1. The number of hydrogen-bond acceptors (Lipinski definition) is 6. The highest BCUT2D eigenvalue weighted by atomic mass is 16.5. The fourth-order valence-corrected chi connectivity index (χ4v) is 3.21. The first kappa shape index (κ1) is 17.3. The number of benzene rings is 1. The number of ether oxygens (including phenoxy) is 1. The summed E-state index contributed by atoms with van der Waals surface area (Å²) in [4.78, 5) is 23.1. The maximum Gasteiger partial charge on any atom is 0.314 e. The van der Waals surface area contributed by atoms with Crippen LogP contribution in [0.15, 0.2) is 34.7 Å². The van der Waals surface area contributed by atoms with Gasteiger partial charge < -0.3 is 14.1 Å². The number of oxazole rings is 1. The van der Waals surface area contributed by atoms with Crippen molar-refractivity contribution in [1.29, 1.82) is 0 Å². The van der Waals surface area contributed by atoms with Crippen molar-refractivity contribution in [2.45, 2.75) is 25.8 Å². The van der Waals surface area contributed by atoms with Crippen LogP contribution < -0.4 is 4.74 Å². The van der Waals surface area contributed by atoms with Crippen molar-refractivity contribution in [1.82, 2.24) is 24.6 Å². The molecule has 0 unspecified atom stereocenters. The van der Waals surface area contributed by atoms with Crippen LogP contribution in [0.25, 0.3) is 0 Å². The maximum atomic E-state index is 12.7. The van der Waals surface area contributed by atoms with E-state index in [2.05, 4.69) is 27.2 Å². The molecule has 1 aliphatic rings. The molecule has 4 rings (SSSR count). The SMILES string of the molecule is COc1nc(C(=O)N2CCc3oc(CCc4ccccc4)nc3C2)nn1C. The Morgan fingerprint density at radius 3 is 2.78 bits per heavy atom. The molecule has 8 heteroatoms. The van der Waals surface area contributed by atoms with Gasteiger partial charge in [0.25, 0.3) is 5.91 Å². The van der Waals surface area contributed by atoms with Crippen LogP contribution in [-0.4, -0.2) is 44.2 Å². The van der Waals surface area contributed by atoms with E-state index in [0.717, 1.165) is 30.2 Å². The standard InChI is InChI=1S/C19H21N5O3/c1-23-19(26-2)21-17(22-23)18(25)24-11-10-15-14(12-24)20-16(27-15)9-8-13-6-4-3-5-7-13/h3-7H,8-12H2,1-2H3. The second kappa shape index (κ2) is 7.22. The number of carbonyl (C=O) groups is 1. The molecule has 27 heavy (non-hydrogen) atoms. The van der Waals surface area contributed by atoms with Gasteiger partial charge in [-0.3, -0.25) is 4.79 Å². The molecule has 0 bridgehead atoms. The lowest BCUT2D eigenvalue weighted by Gasteiger charge is -2.23. The largest absolute Gasteiger partial charge is 0.467 e. The van der Waals surface area contributed by atoms with Gasteiger partial charge in [-0.25, -0.2) is 9.67 Å². The second-order valence-corrected chi connectivity index (χ2v) is 6.49. The Morgan fingerprint density at radius 2 is 2.04 bits per heavy atom. The Bertz CT molecular complexity index is 948. The highest BCUT2D eigenvalue weighted by Crippen LogP contribution is 2.22. The monoisotopic (exact) mass is 367 g/mol. The van der Waals surface area contributed by atoms with Crippen LogP contribution in [0.2, 0.25) is 0 Å². The highest BCUT2D eigenvalue weighted by molar-refractivity contribution is 5.90. The summed E-state index contributed by atoms with van der Waals surface area (Å²) >= 11 is 0. The van der Waals surface area contributed by atoms with Gasteiger partial charge in [-0.15, -0.1) is 5.10 Å². The van der Waals surface area contributed by atoms with Crippen LogP contribution >= 0.6 is 0 Å². The third-order valence-electron chi connectivity index (χ3n) is 4.63. The fourth-order valence-electron chi connectivity index (χ4n) is 3.21. The molecule has 0 saturated carbocycles. The normalized spacial score (nSPS) is 13.5. The lowest BCUT2D eigenvalue weighted by molar-refractivity contribution is 0.0715. The molecular formula is C19H21N5O3. The topological polar surface area (TPSA) is 86.3 Å². The average Bonchev–Trinajstić information content (AvgIpc) is 3.28. The van der Waals surface area contributed by atoms with Crippen molar-refractivity contribution in [3.63, 3.8) is 0 Å². The van der Waals surface area contributed by atoms with E-state index in [4.69, 9.17) is 9.15 Å². The van der Waals surface area contributed by atoms with Gasteiger partial charge in [0.15, 0.2) is 5.89 Å². The molecule has 8 nitrogen and oxygen atoms in total. The smallest absolute Gasteiger partial charge is 0.314 e. The van der Waals surface area contributed by atoms with Gasteiger partial charge in [0, 0.05) is 26.4 Å². The molecular weight excluding hydrogens is 346 g/mol. The predicted octanol–water partition coefficient (Wildman–Crippen LogP) is 1.80. The van der Waals surface area contributed by atoms with Crippen molar-refractivity contribution >= 4 is 5.91 Å². The minimum Gasteiger partial charge on any atom is -0.467 e. The van der Waals surface area contributed by atoms with Gasteiger partial charge in [-0.05, 0) is 12.0 Å². The number of carbonyl (C=O) groups excluding carboxylic acids is 1. The van der Waals surface area contributed by atoms with Crippen molar-refractivity contribution in [3.05, 3.63) is 59.1 Å². The van der Waals surface area contributed by atoms with E-state index < -0.39 is 0 Å². The van der Waals surface area contributed by atoms with Crippen molar-refractivity contribution in [2.75, 3.05) is 13.7 Å². The zero-order valence-electron chi connectivity index (χ0n) is 15.4.